The number of rotatable bonds is 6. The maximum Gasteiger partial charge on any atom is 0.00187 e. The van der Waals surface area contributed by atoms with E-state index in [0.29, 0.717) is 0 Å². The molecule has 0 aromatic rings. The Bertz CT molecular complexity index is 138. The molecule has 0 aromatic heterocycles. The third-order valence-electron chi connectivity index (χ3n) is 2.96. The van der Waals surface area contributed by atoms with Gasteiger partial charge >= 0.3 is 0 Å². The van der Waals surface area contributed by atoms with Gasteiger partial charge in [0.15, 0.2) is 0 Å². The average Bonchev–Trinajstić information content (AvgIpc) is 2.18. The van der Waals surface area contributed by atoms with Crippen molar-refractivity contribution in [3.8, 4) is 0 Å². The summed E-state index contributed by atoms with van der Waals surface area (Å²) in [5.41, 5.74) is 5.44. The predicted octanol–water partition coefficient (Wildman–Crippen LogP) is 0.657. The van der Waals surface area contributed by atoms with Crippen molar-refractivity contribution < 1.29 is 0 Å². The first-order valence-corrected chi connectivity index (χ1v) is 5.92. The molecule has 1 aliphatic rings. The molecule has 3 nitrogen and oxygen atoms in total. The second-order valence-electron chi connectivity index (χ2n) is 4.47. The van der Waals surface area contributed by atoms with E-state index < -0.39 is 0 Å². The number of nitrogens with zero attached hydrogens (tertiary/aromatic N) is 1. The molecule has 3 N–H and O–H groups in total. The Balaban J connectivity index is 1.95. The average molecular weight is 199 g/mol. The topological polar surface area (TPSA) is 41.3 Å². The Labute approximate surface area is 88.0 Å². The van der Waals surface area contributed by atoms with E-state index >= 15 is 0 Å². The molecule has 84 valence electrons. The van der Waals surface area contributed by atoms with Gasteiger partial charge in [-0.25, -0.2) is 0 Å². The molecule has 1 fully saturated rings. The van der Waals surface area contributed by atoms with Crippen LogP contribution >= 0.6 is 0 Å². The van der Waals surface area contributed by atoms with Gasteiger partial charge in [0, 0.05) is 6.54 Å². The molecule has 0 saturated carbocycles. The number of hydrogen-bond acceptors (Lipinski definition) is 3. The summed E-state index contributed by atoms with van der Waals surface area (Å²) >= 11 is 0. The van der Waals surface area contributed by atoms with Crippen LogP contribution in [0.3, 0.4) is 0 Å². The highest BCUT2D eigenvalue weighted by Gasteiger charge is 2.15. The van der Waals surface area contributed by atoms with Crippen LogP contribution in [0.15, 0.2) is 0 Å². The van der Waals surface area contributed by atoms with Crippen molar-refractivity contribution in [2.24, 2.45) is 11.7 Å². The van der Waals surface area contributed by atoms with Crippen LogP contribution in [0.4, 0.5) is 0 Å². The monoisotopic (exact) mass is 199 g/mol. The highest BCUT2D eigenvalue weighted by Crippen LogP contribution is 2.13. The molecule has 0 bridgehead atoms. The van der Waals surface area contributed by atoms with E-state index in [2.05, 4.69) is 17.3 Å². The summed E-state index contributed by atoms with van der Waals surface area (Å²) in [6, 6.07) is 0. The van der Waals surface area contributed by atoms with Crippen LogP contribution in [0.25, 0.3) is 0 Å². The minimum Gasteiger partial charge on any atom is -0.330 e. The first kappa shape index (κ1) is 12.0. The first-order chi connectivity index (χ1) is 6.83. The molecule has 1 heterocycles. The Kier molecular flexibility index (Phi) is 6.15. The molecule has 1 unspecified atom stereocenters. The van der Waals surface area contributed by atoms with Gasteiger partial charge in [0.25, 0.3) is 0 Å². The number of nitrogens with two attached hydrogens (primary N) is 1. The summed E-state index contributed by atoms with van der Waals surface area (Å²) in [6.07, 6.45) is 5.14. The highest BCUT2D eigenvalue weighted by molar-refractivity contribution is 4.72. The third-order valence-corrected chi connectivity index (χ3v) is 2.96. The molecule has 0 spiro atoms. The zero-order valence-corrected chi connectivity index (χ0v) is 9.47. The van der Waals surface area contributed by atoms with Crippen molar-refractivity contribution in [3.05, 3.63) is 0 Å². The number of nitrogens with one attached hydrogen (secondary N) is 1. The smallest absolute Gasteiger partial charge is 0.00187 e. The summed E-state index contributed by atoms with van der Waals surface area (Å²) < 4.78 is 0. The van der Waals surface area contributed by atoms with Gasteiger partial charge in [-0.1, -0.05) is 0 Å². The normalized spacial score (nSPS) is 24.0. The summed E-state index contributed by atoms with van der Waals surface area (Å²) in [7, 11) is 2.22. The zero-order valence-electron chi connectivity index (χ0n) is 9.47. The van der Waals surface area contributed by atoms with E-state index in [-0.39, 0.29) is 0 Å². The van der Waals surface area contributed by atoms with Gasteiger partial charge in [0.1, 0.15) is 0 Å². The second-order valence-corrected chi connectivity index (χ2v) is 4.47. The van der Waals surface area contributed by atoms with Gasteiger partial charge in [0.05, 0.1) is 0 Å². The highest BCUT2D eigenvalue weighted by atomic mass is 15.1. The lowest BCUT2D eigenvalue weighted by atomic mass is 9.98. The quantitative estimate of drug-likeness (QED) is 0.617. The van der Waals surface area contributed by atoms with Gasteiger partial charge in [0.2, 0.25) is 0 Å². The maximum atomic E-state index is 5.44. The van der Waals surface area contributed by atoms with Crippen molar-refractivity contribution in [2.75, 3.05) is 39.8 Å². The van der Waals surface area contributed by atoms with E-state index in [0.717, 1.165) is 25.4 Å². The van der Waals surface area contributed by atoms with Gasteiger partial charge in [-0.2, -0.15) is 0 Å². The van der Waals surface area contributed by atoms with E-state index in [9.17, 15) is 0 Å². The number of hydrogen-bond donors (Lipinski definition) is 2. The zero-order chi connectivity index (χ0) is 10.2. The number of piperidine rings is 1. The van der Waals surface area contributed by atoms with Gasteiger partial charge in [-0.3, -0.25) is 0 Å². The predicted molar refractivity (Wildman–Crippen MR) is 61.4 cm³/mol. The first-order valence-electron chi connectivity index (χ1n) is 5.92. The SMILES string of the molecule is CN1CCCC(CNCCCCN)C1. The van der Waals surface area contributed by atoms with Crippen molar-refractivity contribution in [2.45, 2.75) is 25.7 Å². The standard InChI is InChI=1S/C11H25N3/c1-14-8-4-5-11(10-14)9-13-7-3-2-6-12/h11,13H,2-10,12H2,1H3. The van der Waals surface area contributed by atoms with Gasteiger partial charge < -0.3 is 16.0 Å². The van der Waals surface area contributed by atoms with Crippen molar-refractivity contribution in [1.82, 2.24) is 10.2 Å². The van der Waals surface area contributed by atoms with E-state index in [1.807, 2.05) is 0 Å². The van der Waals surface area contributed by atoms with Crippen molar-refractivity contribution in [3.63, 3.8) is 0 Å². The molecule has 0 amide bonds. The lowest BCUT2D eigenvalue weighted by Crippen LogP contribution is -2.37. The fourth-order valence-electron chi connectivity index (χ4n) is 2.14. The van der Waals surface area contributed by atoms with Gasteiger partial charge in [-0.15, -0.1) is 0 Å². The van der Waals surface area contributed by atoms with E-state index in [1.165, 1.54) is 38.9 Å². The maximum absolute atomic E-state index is 5.44. The van der Waals surface area contributed by atoms with E-state index in [4.69, 9.17) is 5.73 Å². The molecule has 0 radical (unpaired) electrons. The Morgan fingerprint density at radius 2 is 2.29 bits per heavy atom. The molecule has 14 heavy (non-hydrogen) atoms. The summed E-state index contributed by atoms with van der Waals surface area (Å²) in [4.78, 5) is 2.44. The van der Waals surface area contributed by atoms with Crippen LogP contribution in [-0.4, -0.2) is 44.7 Å². The lowest BCUT2D eigenvalue weighted by Gasteiger charge is -2.29. The van der Waals surface area contributed by atoms with Crippen LogP contribution in [0, 0.1) is 5.92 Å². The third kappa shape index (κ3) is 4.94. The minimum atomic E-state index is 0.827. The molecule has 0 aromatic carbocycles. The number of unbranched alkanes of at least 4 members (excludes halogenated alkanes) is 1. The van der Waals surface area contributed by atoms with Gasteiger partial charge in [-0.05, 0) is 64.8 Å². The van der Waals surface area contributed by atoms with Crippen LogP contribution in [0.1, 0.15) is 25.7 Å². The van der Waals surface area contributed by atoms with E-state index in [1.54, 1.807) is 0 Å². The van der Waals surface area contributed by atoms with Crippen molar-refractivity contribution in [1.29, 1.82) is 0 Å². The van der Waals surface area contributed by atoms with Crippen LogP contribution in [0.2, 0.25) is 0 Å². The molecule has 1 atom stereocenters. The fourth-order valence-corrected chi connectivity index (χ4v) is 2.14. The summed E-state index contributed by atoms with van der Waals surface area (Å²) in [6.45, 7) is 5.70. The molecule has 3 heteroatoms. The van der Waals surface area contributed by atoms with Crippen LogP contribution in [0.5, 0.6) is 0 Å². The molecule has 1 aliphatic heterocycles. The summed E-state index contributed by atoms with van der Waals surface area (Å²) in [5.74, 6) is 0.867. The molecular formula is C11H25N3. The molecule has 1 rings (SSSR count). The van der Waals surface area contributed by atoms with Crippen LogP contribution in [-0.2, 0) is 0 Å². The molecular weight excluding hydrogens is 174 g/mol. The summed E-state index contributed by atoms with van der Waals surface area (Å²) in [5, 5.41) is 3.53. The largest absolute Gasteiger partial charge is 0.330 e. The Morgan fingerprint density at radius 1 is 1.43 bits per heavy atom. The molecule has 1 saturated heterocycles. The Hall–Kier alpha value is -0.120. The van der Waals surface area contributed by atoms with Crippen LogP contribution < -0.4 is 11.1 Å². The minimum absolute atomic E-state index is 0.827. The fraction of sp³-hybridized carbons (Fsp3) is 1.00. The number of likely N-dealkylation sites (tertiary alicyclic amines) is 1. The lowest BCUT2D eigenvalue weighted by molar-refractivity contribution is 0.206. The second kappa shape index (κ2) is 7.21. The van der Waals surface area contributed by atoms with Crippen molar-refractivity contribution >= 4 is 0 Å². The molecule has 0 aliphatic carbocycles. The Morgan fingerprint density at radius 3 is 3.00 bits per heavy atom.